The minimum absolute atomic E-state index is 0.0678. The minimum atomic E-state index is -0.496. The Kier molecular flexibility index (Phi) is 4.82. The molecule has 2 aromatic rings. The molecular weight excluding hydrogens is 266 g/mol. The quantitative estimate of drug-likeness (QED) is 0.928. The molecule has 2 aromatic carbocycles. The average molecular weight is 285 g/mol. The minimum Gasteiger partial charge on any atom is -0.490 e. The van der Waals surface area contributed by atoms with Crippen molar-refractivity contribution in [2.75, 3.05) is 7.05 Å². The zero-order valence-corrected chi connectivity index (χ0v) is 12.4. The lowest BCUT2D eigenvalue weighted by molar-refractivity contribution is 0.203. The molecule has 0 spiro atoms. The van der Waals surface area contributed by atoms with Crippen LogP contribution in [-0.4, -0.2) is 19.2 Å². The van der Waals surface area contributed by atoms with Crippen molar-refractivity contribution in [3.8, 4) is 22.6 Å². The standard InChI is InChI=1S/C17H19NO3/c1-12(2)20-15-10-6-4-8-13(15)14-9-5-7-11-16(14)21-17(19)18-3/h4-12H,1-3H3,(H,18,19). The molecule has 0 heterocycles. The molecule has 110 valence electrons. The van der Waals surface area contributed by atoms with Gasteiger partial charge in [-0.15, -0.1) is 0 Å². The fraction of sp³-hybridized carbons (Fsp3) is 0.235. The van der Waals surface area contributed by atoms with Gasteiger partial charge < -0.3 is 14.8 Å². The van der Waals surface area contributed by atoms with Gasteiger partial charge in [-0.3, -0.25) is 0 Å². The summed E-state index contributed by atoms with van der Waals surface area (Å²) >= 11 is 0. The molecule has 0 bridgehead atoms. The first-order valence-corrected chi connectivity index (χ1v) is 6.86. The highest BCUT2D eigenvalue weighted by Crippen LogP contribution is 2.36. The van der Waals surface area contributed by atoms with Crippen molar-refractivity contribution in [3.05, 3.63) is 48.5 Å². The van der Waals surface area contributed by atoms with E-state index in [0.717, 1.165) is 16.9 Å². The van der Waals surface area contributed by atoms with Gasteiger partial charge in [-0.1, -0.05) is 36.4 Å². The molecule has 0 atom stereocenters. The van der Waals surface area contributed by atoms with Gasteiger partial charge in [0, 0.05) is 18.2 Å². The van der Waals surface area contributed by atoms with E-state index >= 15 is 0 Å². The van der Waals surface area contributed by atoms with Crippen molar-refractivity contribution in [2.45, 2.75) is 20.0 Å². The lowest BCUT2D eigenvalue weighted by atomic mass is 10.0. The fourth-order valence-corrected chi connectivity index (χ4v) is 1.97. The number of benzene rings is 2. The van der Waals surface area contributed by atoms with Crippen molar-refractivity contribution in [1.82, 2.24) is 5.32 Å². The third-order valence-electron chi connectivity index (χ3n) is 2.83. The molecule has 2 rings (SSSR count). The average Bonchev–Trinajstić information content (AvgIpc) is 2.48. The number of ether oxygens (including phenoxy) is 2. The first-order chi connectivity index (χ1) is 10.1. The summed E-state index contributed by atoms with van der Waals surface area (Å²) in [5.41, 5.74) is 1.71. The molecule has 0 aliphatic carbocycles. The first kappa shape index (κ1) is 14.9. The zero-order valence-electron chi connectivity index (χ0n) is 12.4. The Morgan fingerprint density at radius 1 is 0.952 bits per heavy atom. The predicted molar refractivity (Wildman–Crippen MR) is 82.7 cm³/mol. The topological polar surface area (TPSA) is 47.6 Å². The number of nitrogens with one attached hydrogen (secondary N) is 1. The van der Waals surface area contributed by atoms with Crippen LogP contribution in [0.25, 0.3) is 11.1 Å². The highest BCUT2D eigenvalue weighted by Gasteiger charge is 2.13. The van der Waals surface area contributed by atoms with Gasteiger partial charge in [0.05, 0.1) is 6.10 Å². The summed E-state index contributed by atoms with van der Waals surface area (Å²) in [5, 5.41) is 2.45. The molecular formula is C17H19NO3. The van der Waals surface area contributed by atoms with E-state index in [9.17, 15) is 4.79 Å². The molecule has 0 unspecified atom stereocenters. The Labute approximate surface area is 124 Å². The number of rotatable bonds is 4. The Balaban J connectivity index is 2.44. The monoisotopic (exact) mass is 285 g/mol. The van der Waals surface area contributed by atoms with Gasteiger partial charge >= 0.3 is 6.09 Å². The first-order valence-electron chi connectivity index (χ1n) is 6.86. The Hall–Kier alpha value is -2.49. The number of carbonyl (C=O) groups excluding carboxylic acids is 1. The van der Waals surface area contributed by atoms with Crippen LogP contribution in [0, 0.1) is 0 Å². The van der Waals surface area contributed by atoms with Crippen molar-refractivity contribution < 1.29 is 14.3 Å². The second-order valence-corrected chi connectivity index (χ2v) is 4.80. The molecule has 0 saturated heterocycles. The normalized spacial score (nSPS) is 10.3. The maximum Gasteiger partial charge on any atom is 0.412 e. The van der Waals surface area contributed by atoms with Gasteiger partial charge in [0.15, 0.2) is 0 Å². The number of carbonyl (C=O) groups is 1. The van der Waals surface area contributed by atoms with Crippen LogP contribution in [0.15, 0.2) is 48.5 Å². The molecule has 1 amide bonds. The molecule has 1 N–H and O–H groups in total. The van der Waals surface area contributed by atoms with Crippen molar-refractivity contribution >= 4 is 6.09 Å². The van der Waals surface area contributed by atoms with Gasteiger partial charge in [0.1, 0.15) is 11.5 Å². The van der Waals surface area contributed by atoms with E-state index < -0.39 is 6.09 Å². The number of amides is 1. The van der Waals surface area contributed by atoms with Crippen molar-refractivity contribution in [2.24, 2.45) is 0 Å². The van der Waals surface area contributed by atoms with E-state index in [2.05, 4.69) is 5.32 Å². The lowest BCUT2D eigenvalue weighted by Crippen LogP contribution is -2.22. The van der Waals surface area contributed by atoms with Crippen LogP contribution in [0.3, 0.4) is 0 Å². The van der Waals surface area contributed by atoms with Crippen LogP contribution in [-0.2, 0) is 0 Å². The van der Waals surface area contributed by atoms with Gasteiger partial charge in [0.25, 0.3) is 0 Å². The summed E-state index contributed by atoms with van der Waals surface area (Å²) in [6.45, 7) is 3.95. The van der Waals surface area contributed by atoms with Crippen LogP contribution >= 0.6 is 0 Å². The SMILES string of the molecule is CNC(=O)Oc1ccccc1-c1ccccc1OC(C)C. The maximum absolute atomic E-state index is 11.5. The second-order valence-electron chi connectivity index (χ2n) is 4.80. The molecule has 0 radical (unpaired) electrons. The summed E-state index contributed by atoms with van der Waals surface area (Å²) in [4.78, 5) is 11.5. The van der Waals surface area contributed by atoms with Gasteiger partial charge in [-0.2, -0.15) is 0 Å². The third-order valence-corrected chi connectivity index (χ3v) is 2.83. The summed E-state index contributed by atoms with van der Waals surface area (Å²) in [7, 11) is 1.53. The largest absolute Gasteiger partial charge is 0.490 e. The zero-order chi connectivity index (χ0) is 15.2. The molecule has 0 aliphatic rings. The van der Waals surface area contributed by atoms with E-state index in [1.807, 2.05) is 56.3 Å². The fourth-order valence-electron chi connectivity index (χ4n) is 1.97. The molecule has 4 heteroatoms. The Morgan fingerprint density at radius 3 is 2.05 bits per heavy atom. The van der Waals surface area contributed by atoms with E-state index in [-0.39, 0.29) is 6.10 Å². The van der Waals surface area contributed by atoms with E-state index in [1.165, 1.54) is 7.05 Å². The van der Waals surface area contributed by atoms with Crippen LogP contribution in [0.5, 0.6) is 11.5 Å². The van der Waals surface area contributed by atoms with Gasteiger partial charge in [-0.25, -0.2) is 4.79 Å². The molecule has 4 nitrogen and oxygen atoms in total. The highest BCUT2D eigenvalue weighted by molar-refractivity contribution is 5.79. The molecule has 21 heavy (non-hydrogen) atoms. The van der Waals surface area contributed by atoms with E-state index in [4.69, 9.17) is 9.47 Å². The number of hydrogen-bond donors (Lipinski definition) is 1. The van der Waals surface area contributed by atoms with Crippen LogP contribution in [0.4, 0.5) is 4.79 Å². The summed E-state index contributed by atoms with van der Waals surface area (Å²) in [6.07, 6.45) is -0.428. The Morgan fingerprint density at radius 2 is 1.48 bits per heavy atom. The van der Waals surface area contributed by atoms with Crippen LogP contribution in [0.2, 0.25) is 0 Å². The third kappa shape index (κ3) is 3.75. The smallest absolute Gasteiger partial charge is 0.412 e. The highest BCUT2D eigenvalue weighted by atomic mass is 16.6. The lowest BCUT2D eigenvalue weighted by Gasteiger charge is -2.16. The van der Waals surface area contributed by atoms with Crippen molar-refractivity contribution in [1.29, 1.82) is 0 Å². The molecule has 0 aliphatic heterocycles. The van der Waals surface area contributed by atoms with Crippen molar-refractivity contribution in [3.63, 3.8) is 0 Å². The summed E-state index contributed by atoms with van der Waals surface area (Å²) < 4.78 is 11.1. The molecule has 0 fully saturated rings. The Bertz CT molecular complexity index is 623. The number of hydrogen-bond acceptors (Lipinski definition) is 3. The van der Waals surface area contributed by atoms with E-state index in [0.29, 0.717) is 5.75 Å². The van der Waals surface area contributed by atoms with Crippen LogP contribution < -0.4 is 14.8 Å². The summed E-state index contributed by atoms with van der Waals surface area (Å²) in [5.74, 6) is 1.26. The van der Waals surface area contributed by atoms with E-state index in [1.54, 1.807) is 6.07 Å². The van der Waals surface area contributed by atoms with Gasteiger partial charge in [-0.05, 0) is 26.0 Å². The predicted octanol–water partition coefficient (Wildman–Crippen LogP) is 3.86. The second kappa shape index (κ2) is 6.79. The molecule has 0 saturated carbocycles. The summed E-state index contributed by atoms with van der Waals surface area (Å²) in [6, 6.07) is 15.1. The van der Waals surface area contributed by atoms with Crippen LogP contribution in [0.1, 0.15) is 13.8 Å². The molecule has 0 aromatic heterocycles. The maximum atomic E-state index is 11.5. The van der Waals surface area contributed by atoms with Gasteiger partial charge in [0.2, 0.25) is 0 Å². The number of para-hydroxylation sites is 2.